The molecule has 2 atom stereocenters. The Labute approximate surface area is 189 Å². The number of esters is 1. The average Bonchev–Trinajstić information content (AvgIpc) is 3.37. The molecular formula is C23H22N2O8. The lowest BCUT2D eigenvalue weighted by Gasteiger charge is -2.29. The summed E-state index contributed by atoms with van der Waals surface area (Å²) >= 11 is 0. The zero-order chi connectivity index (χ0) is 23.1. The molecule has 2 amide bonds. The van der Waals surface area contributed by atoms with Crippen LogP contribution in [0.4, 0.5) is 5.69 Å². The molecule has 5 rings (SSSR count). The van der Waals surface area contributed by atoms with Crippen molar-refractivity contribution in [2.24, 2.45) is 0 Å². The van der Waals surface area contributed by atoms with E-state index in [1.54, 1.807) is 30.3 Å². The summed E-state index contributed by atoms with van der Waals surface area (Å²) in [6.07, 6.45) is -0.569. The second kappa shape index (κ2) is 8.19. The lowest BCUT2D eigenvalue weighted by atomic mass is 10.1. The summed E-state index contributed by atoms with van der Waals surface area (Å²) < 4.78 is 27.2. The number of cyclic esters (lactones) is 1. The predicted molar refractivity (Wildman–Crippen MR) is 114 cm³/mol. The van der Waals surface area contributed by atoms with Crippen LogP contribution in [0.5, 0.6) is 23.0 Å². The van der Waals surface area contributed by atoms with E-state index in [9.17, 15) is 14.4 Å². The number of methoxy groups -OCH3 is 2. The highest BCUT2D eigenvalue weighted by molar-refractivity contribution is 6.01. The van der Waals surface area contributed by atoms with Gasteiger partial charge in [0.25, 0.3) is 0 Å². The maximum absolute atomic E-state index is 13.2. The van der Waals surface area contributed by atoms with Crippen LogP contribution in [-0.2, 0) is 14.3 Å². The molecule has 3 aliphatic rings. The van der Waals surface area contributed by atoms with Crippen molar-refractivity contribution >= 4 is 23.5 Å². The van der Waals surface area contributed by atoms with Gasteiger partial charge in [-0.15, -0.1) is 0 Å². The lowest BCUT2D eigenvalue weighted by molar-refractivity contribution is -0.144. The number of hydrogen-bond donors (Lipinski definition) is 1. The summed E-state index contributed by atoms with van der Waals surface area (Å²) in [5.41, 5.74) is 1.15. The Kier molecular flexibility index (Phi) is 5.20. The molecule has 3 heterocycles. The first-order chi connectivity index (χ1) is 16.0. The average molecular weight is 454 g/mol. The van der Waals surface area contributed by atoms with Crippen molar-refractivity contribution in [3.8, 4) is 23.0 Å². The van der Waals surface area contributed by atoms with Crippen LogP contribution in [0, 0.1) is 0 Å². The van der Waals surface area contributed by atoms with E-state index < -0.39 is 18.2 Å². The van der Waals surface area contributed by atoms with Gasteiger partial charge in [-0.1, -0.05) is 0 Å². The summed E-state index contributed by atoms with van der Waals surface area (Å²) in [4.78, 5) is 39.9. The number of nitrogens with one attached hydrogen (secondary N) is 1. The van der Waals surface area contributed by atoms with Crippen LogP contribution >= 0.6 is 0 Å². The Morgan fingerprint density at radius 3 is 2.61 bits per heavy atom. The minimum atomic E-state index is -1.03. The Hall–Kier alpha value is -3.95. The molecule has 1 saturated heterocycles. The second-order valence-corrected chi connectivity index (χ2v) is 7.73. The number of hydrogen-bond acceptors (Lipinski definition) is 8. The Morgan fingerprint density at radius 1 is 1.06 bits per heavy atom. The van der Waals surface area contributed by atoms with E-state index >= 15 is 0 Å². The number of likely N-dealkylation sites (tertiary alicyclic amines) is 1. The second-order valence-electron chi connectivity index (χ2n) is 7.73. The molecule has 0 spiro atoms. The molecule has 0 saturated carbocycles. The number of carbonyl (C=O) groups is 3. The molecule has 2 aromatic rings. The maximum Gasteiger partial charge on any atom is 0.344 e. The van der Waals surface area contributed by atoms with Gasteiger partial charge < -0.3 is 29.0 Å². The van der Waals surface area contributed by atoms with Crippen LogP contribution < -0.4 is 24.3 Å². The van der Waals surface area contributed by atoms with Crippen molar-refractivity contribution in [2.75, 3.05) is 32.8 Å². The first-order valence-corrected chi connectivity index (χ1v) is 10.5. The molecule has 10 nitrogen and oxygen atoms in total. The highest BCUT2D eigenvalue weighted by Gasteiger charge is 2.47. The van der Waals surface area contributed by atoms with Crippen LogP contribution in [0.25, 0.3) is 0 Å². The van der Waals surface area contributed by atoms with E-state index in [2.05, 4.69) is 5.32 Å². The highest BCUT2D eigenvalue weighted by Crippen LogP contribution is 2.45. The van der Waals surface area contributed by atoms with Crippen molar-refractivity contribution in [3.05, 3.63) is 41.5 Å². The molecule has 1 fully saturated rings. The number of ether oxygens (including phenoxy) is 5. The standard InChI is InChI=1S/C23H22N2O8/c1-29-16-7-4-13-19(20(16)30-2)23(28)33-22(13)25-14(5-8-18(25)26)21(27)24-12-3-6-15-17(11-12)32-10-9-31-15/h3-4,6-7,11,14,22H,5,8-10H2,1-2H3,(H,24,27)/t14-,22-/m0/s1. The summed E-state index contributed by atoms with van der Waals surface area (Å²) in [5, 5.41) is 2.83. The monoisotopic (exact) mass is 454 g/mol. The van der Waals surface area contributed by atoms with Gasteiger partial charge in [0.1, 0.15) is 24.8 Å². The van der Waals surface area contributed by atoms with Gasteiger partial charge in [-0.2, -0.15) is 0 Å². The minimum Gasteiger partial charge on any atom is -0.493 e. The third-order valence-electron chi connectivity index (χ3n) is 5.89. The van der Waals surface area contributed by atoms with Crippen molar-refractivity contribution in [1.29, 1.82) is 0 Å². The van der Waals surface area contributed by atoms with Crippen molar-refractivity contribution < 1.29 is 38.1 Å². The zero-order valence-electron chi connectivity index (χ0n) is 18.1. The van der Waals surface area contributed by atoms with Crippen LogP contribution in [0.3, 0.4) is 0 Å². The Bertz CT molecular complexity index is 1150. The molecule has 33 heavy (non-hydrogen) atoms. The van der Waals surface area contributed by atoms with Gasteiger partial charge in [-0.25, -0.2) is 4.79 Å². The Balaban J connectivity index is 1.42. The van der Waals surface area contributed by atoms with E-state index in [0.717, 1.165) is 0 Å². The van der Waals surface area contributed by atoms with Gasteiger partial charge >= 0.3 is 5.97 Å². The zero-order valence-corrected chi connectivity index (χ0v) is 18.1. The van der Waals surface area contributed by atoms with E-state index in [-0.39, 0.29) is 29.5 Å². The number of anilines is 1. The van der Waals surface area contributed by atoms with E-state index in [0.29, 0.717) is 48.1 Å². The molecule has 10 heteroatoms. The molecule has 1 N–H and O–H groups in total. The number of benzene rings is 2. The van der Waals surface area contributed by atoms with E-state index in [1.165, 1.54) is 19.1 Å². The Morgan fingerprint density at radius 2 is 1.85 bits per heavy atom. The van der Waals surface area contributed by atoms with Gasteiger partial charge in [0.2, 0.25) is 18.0 Å². The summed E-state index contributed by atoms with van der Waals surface area (Å²) in [6, 6.07) is 7.56. The number of nitrogens with zero attached hydrogens (tertiary/aromatic N) is 1. The van der Waals surface area contributed by atoms with Crippen molar-refractivity contribution in [1.82, 2.24) is 4.90 Å². The minimum absolute atomic E-state index is 0.163. The molecule has 2 aromatic carbocycles. The first-order valence-electron chi connectivity index (χ1n) is 10.5. The molecule has 0 bridgehead atoms. The van der Waals surface area contributed by atoms with Crippen LogP contribution in [0.15, 0.2) is 30.3 Å². The maximum atomic E-state index is 13.2. The predicted octanol–water partition coefficient (Wildman–Crippen LogP) is 2.27. The first kappa shape index (κ1) is 20.9. The van der Waals surface area contributed by atoms with Crippen molar-refractivity contribution in [3.63, 3.8) is 0 Å². The topological polar surface area (TPSA) is 113 Å². The largest absolute Gasteiger partial charge is 0.493 e. The van der Waals surface area contributed by atoms with Gasteiger partial charge in [-0.05, 0) is 30.7 Å². The van der Waals surface area contributed by atoms with Crippen LogP contribution in [0.1, 0.15) is 35.0 Å². The third kappa shape index (κ3) is 3.47. The number of carbonyl (C=O) groups excluding carboxylic acids is 3. The summed E-state index contributed by atoms with van der Waals surface area (Å²) in [7, 11) is 2.88. The normalized spacial score (nSPS) is 20.8. The fourth-order valence-electron chi connectivity index (χ4n) is 4.39. The van der Waals surface area contributed by atoms with Crippen molar-refractivity contribution in [2.45, 2.75) is 25.1 Å². The fraction of sp³-hybridized carbons (Fsp3) is 0.348. The van der Waals surface area contributed by atoms with Crippen LogP contribution in [0.2, 0.25) is 0 Å². The smallest absolute Gasteiger partial charge is 0.344 e. The number of rotatable bonds is 5. The summed E-state index contributed by atoms with van der Waals surface area (Å²) in [6.45, 7) is 0.895. The SMILES string of the molecule is COc1ccc2c(c1OC)C(=O)O[C@@H]2N1C(=O)CC[C@H]1C(=O)Nc1ccc2c(c1)OCCO2. The van der Waals surface area contributed by atoms with Crippen LogP contribution in [-0.4, -0.2) is 56.2 Å². The highest BCUT2D eigenvalue weighted by atomic mass is 16.6. The molecule has 172 valence electrons. The molecule has 0 aliphatic carbocycles. The molecule has 0 radical (unpaired) electrons. The lowest BCUT2D eigenvalue weighted by Crippen LogP contribution is -2.43. The molecule has 3 aliphatic heterocycles. The molecular weight excluding hydrogens is 432 g/mol. The van der Waals surface area contributed by atoms with Gasteiger partial charge in [0, 0.05) is 23.7 Å². The molecule has 0 aromatic heterocycles. The third-order valence-corrected chi connectivity index (χ3v) is 5.89. The van der Waals surface area contributed by atoms with Gasteiger partial charge in [-0.3, -0.25) is 14.5 Å². The van der Waals surface area contributed by atoms with Gasteiger partial charge in [0.05, 0.1) is 14.2 Å². The van der Waals surface area contributed by atoms with E-state index in [1.807, 2.05) is 0 Å². The number of amides is 2. The molecule has 0 unspecified atom stereocenters. The quantitative estimate of drug-likeness (QED) is 0.685. The summed E-state index contributed by atoms with van der Waals surface area (Å²) in [5.74, 6) is 0.437. The van der Waals surface area contributed by atoms with E-state index in [4.69, 9.17) is 23.7 Å². The van der Waals surface area contributed by atoms with Gasteiger partial charge in [0.15, 0.2) is 23.0 Å². The number of fused-ring (bicyclic) bond motifs is 2. The fourth-order valence-corrected chi connectivity index (χ4v) is 4.39.